The monoisotopic (exact) mass is 445 g/mol. The number of ether oxygens (including phenoxy) is 1. The molecule has 0 aromatic heterocycles. The summed E-state index contributed by atoms with van der Waals surface area (Å²) >= 11 is 0. The number of carbonyl (C=O) groups excluding carboxylic acids is 1. The van der Waals surface area contributed by atoms with E-state index >= 15 is 0 Å². The smallest absolute Gasteiger partial charge is 0.138 e. The topological polar surface area (TPSA) is 45.1 Å². The van der Waals surface area contributed by atoms with E-state index in [1.807, 2.05) is 12.1 Å². The van der Waals surface area contributed by atoms with Crippen LogP contribution in [-0.4, -0.2) is 55.7 Å². The number of nitrogens with zero attached hydrogens (tertiary/aromatic N) is 3. The highest BCUT2D eigenvalue weighted by molar-refractivity contribution is 6.06. The third kappa shape index (κ3) is 4.98. The number of hydrogen-bond donors (Lipinski definition) is 0. The summed E-state index contributed by atoms with van der Waals surface area (Å²) in [6.45, 7) is 6.50. The molecule has 1 atom stereocenters. The van der Waals surface area contributed by atoms with E-state index < -0.39 is 0 Å². The third-order valence-electron chi connectivity index (χ3n) is 7.64. The Hall–Kier alpha value is -2.66. The van der Waals surface area contributed by atoms with Gasteiger partial charge in [0.25, 0.3) is 0 Å². The molecule has 0 radical (unpaired) electrons. The lowest BCUT2D eigenvalue weighted by atomic mass is 9.97. The van der Waals surface area contributed by atoms with Gasteiger partial charge in [-0.25, -0.2) is 0 Å². The first-order valence-electron chi connectivity index (χ1n) is 12.4. The van der Waals surface area contributed by atoms with Gasteiger partial charge in [0.1, 0.15) is 11.5 Å². The minimum Gasteiger partial charge on any atom is -0.497 e. The fraction of sp³-hybridized carbons (Fsp3) is 0.500. The number of hydrogen-bond acceptors (Lipinski definition) is 5. The second kappa shape index (κ2) is 9.68. The van der Waals surface area contributed by atoms with E-state index in [-0.39, 0.29) is 0 Å². The minimum atomic E-state index is 0.361. The van der Waals surface area contributed by atoms with Crippen LogP contribution in [0.15, 0.2) is 47.5 Å². The van der Waals surface area contributed by atoms with E-state index in [1.54, 1.807) is 7.11 Å². The zero-order valence-corrected chi connectivity index (χ0v) is 19.9. The summed E-state index contributed by atoms with van der Waals surface area (Å²) in [6.07, 6.45) is 5.60. The number of methoxy groups -OCH3 is 1. The summed E-state index contributed by atoms with van der Waals surface area (Å²) in [7, 11) is 1.71. The largest absolute Gasteiger partial charge is 0.497 e. The quantitative estimate of drug-likeness (QED) is 0.603. The molecule has 174 valence electrons. The lowest BCUT2D eigenvalue weighted by molar-refractivity contribution is -0.118. The zero-order chi connectivity index (χ0) is 22.8. The lowest BCUT2D eigenvalue weighted by Gasteiger charge is -2.38. The number of Topliss-reactive ketones (excluding diaryl/α,β-unsaturated/α-hetero) is 1. The minimum absolute atomic E-state index is 0.361. The number of aryl methyl sites for hydroxylation is 1. The molecule has 3 heterocycles. The van der Waals surface area contributed by atoms with Crippen LogP contribution >= 0.6 is 0 Å². The van der Waals surface area contributed by atoms with Crippen LogP contribution in [0.5, 0.6) is 5.75 Å². The standard InChI is InChI=1S/C28H35N3O2/c1-20-4-3-5-22-17-23(29-28(20)22)18-26(32)16-21-10-13-31(19-21)25-11-14-30(15-12-25)24-6-8-27(33-2)9-7-24/h3-9,21,25H,10-19H2,1-2H3/t21-/m0/s1. The number of piperidine rings is 1. The predicted octanol–water partition coefficient (Wildman–Crippen LogP) is 4.97. The first kappa shape index (κ1) is 22.1. The van der Waals surface area contributed by atoms with Gasteiger partial charge in [0, 0.05) is 56.3 Å². The van der Waals surface area contributed by atoms with Crippen molar-refractivity contribution in [2.45, 2.75) is 51.5 Å². The molecular weight excluding hydrogens is 410 g/mol. The Morgan fingerprint density at radius 2 is 1.85 bits per heavy atom. The molecule has 0 aliphatic carbocycles. The average Bonchev–Trinajstić information content (AvgIpc) is 3.47. The van der Waals surface area contributed by atoms with Crippen LogP contribution in [0.3, 0.4) is 0 Å². The molecule has 5 heteroatoms. The highest BCUT2D eigenvalue weighted by Gasteiger charge is 2.32. The second-order valence-electron chi connectivity index (χ2n) is 9.92. The molecule has 0 spiro atoms. The highest BCUT2D eigenvalue weighted by atomic mass is 16.5. The van der Waals surface area contributed by atoms with Gasteiger partial charge in [-0.2, -0.15) is 0 Å². The number of aliphatic imine (C=N–C) groups is 1. The summed E-state index contributed by atoms with van der Waals surface area (Å²) in [4.78, 5) is 22.7. The highest BCUT2D eigenvalue weighted by Crippen LogP contribution is 2.32. The van der Waals surface area contributed by atoms with E-state index in [0.717, 1.165) is 56.2 Å². The van der Waals surface area contributed by atoms with Crippen molar-refractivity contribution >= 4 is 22.9 Å². The number of para-hydroxylation sites is 1. The Labute approximate surface area is 197 Å². The van der Waals surface area contributed by atoms with E-state index in [9.17, 15) is 4.79 Å². The van der Waals surface area contributed by atoms with E-state index in [4.69, 9.17) is 9.73 Å². The molecule has 2 aromatic carbocycles. The van der Waals surface area contributed by atoms with E-state index in [2.05, 4.69) is 47.1 Å². The van der Waals surface area contributed by atoms with Gasteiger partial charge in [0.05, 0.1) is 12.8 Å². The number of fused-ring (bicyclic) bond motifs is 1. The molecule has 5 rings (SSSR count). The molecule has 3 aliphatic rings. The van der Waals surface area contributed by atoms with Gasteiger partial charge in [0.15, 0.2) is 0 Å². The van der Waals surface area contributed by atoms with Crippen molar-refractivity contribution < 1.29 is 9.53 Å². The van der Waals surface area contributed by atoms with Gasteiger partial charge in [-0.3, -0.25) is 14.7 Å². The summed E-state index contributed by atoms with van der Waals surface area (Å²) in [5, 5.41) is 0. The third-order valence-corrected chi connectivity index (χ3v) is 7.64. The summed E-state index contributed by atoms with van der Waals surface area (Å²) in [6, 6.07) is 15.4. The first-order valence-corrected chi connectivity index (χ1v) is 12.4. The Balaban J connectivity index is 1.07. The maximum Gasteiger partial charge on any atom is 0.138 e. The number of ketones is 1. The number of rotatable bonds is 7. The van der Waals surface area contributed by atoms with Crippen molar-refractivity contribution in [1.29, 1.82) is 0 Å². The molecule has 2 aromatic rings. The van der Waals surface area contributed by atoms with E-state index in [1.165, 1.54) is 29.7 Å². The first-order chi connectivity index (χ1) is 16.1. The van der Waals surface area contributed by atoms with Crippen LogP contribution in [-0.2, 0) is 11.2 Å². The van der Waals surface area contributed by atoms with Crippen LogP contribution in [0.25, 0.3) is 0 Å². The molecule has 33 heavy (non-hydrogen) atoms. The summed E-state index contributed by atoms with van der Waals surface area (Å²) < 4.78 is 5.28. The SMILES string of the molecule is COc1ccc(N2CCC(N3CC[C@@H](CC(=O)CC4=Nc5c(C)cccc5C4)C3)CC2)cc1. The van der Waals surface area contributed by atoms with Crippen LogP contribution in [0.2, 0.25) is 0 Å². The van der Waals surface area contributed by atoms with Crippen molar-refractivity contribution in [1.82, 2.24) is 4.90 Å². The number of carbonyl (C=O) groups is 1. The molecule has 3 aliphatic heterocycles. The number of anilines is 1. The molecule has 0 amide bonds. The summed E-state index contributed by atoms with van der Waals surface area (Å²) in [5.74, 6) is 1.77. The van der Waals surface area contributed by atoms with Crippen molar-refractivity contribution in [3.05, 3.63) is 53.6 Å². The average molecular weight is 446 g/mol. The maximum absolute atomic E-state index is 12.8. The van der Waals surface area contributed by atoms with Crippen molar-refractivity contribution in [3.63, 3.8) is 0 Å². The van der Waals surface area contributed by atoms with Gasteiger partial charge in [0.2, 0.25) is 0 Å². The molecule has 5 nitrogen and oxygen atoms in total. The fourth-order valence-corrected chi connectivity index (χ4v) is 5.81. The van der Waals surface area contributed by atoms with Crippen molar-refractivity contribution in [3.8, 4) is 5.75 Å². The molecule has 2 fully saturated rings. The van der Waals surface area contributed by atoms with E-state index in [0.29, 0.717) is 30.6 Å². The molecular formula is C28H35N3O2. The molecule has 0 unspecified atom stereocenters. The van der Waals surface area contributed by atoms with Crippen LogP contribution in [0, 0.1) is 12.8 Å². The zero-order valence-electron chi connectivity index (χ0n) is 19.9. The normalized spacial score (nSPS) is 21.2. The van der Waals surface area contributed by atoms with Crippen LogP contribution in [0.4, 0.5) is 11.4 Å². The van der Waals surface area contributed by atoms with Crippen LogP contribution < -0.4 is 9.64 Å². The van der Waals surface area contributed by atoms with Crippen molar-refractivity contribution in [2.24, 2.45) is 10.9 Å². The van der Waals surface area contributed by atoms with Crippen LogP contribution in [0.1, 0.15) is 43.2 Å². The maximum atomic E-state index is 12.8. The summed E-state index contributed by atoms with van der Waals surface area (Å²) in [5.41, 5.74) is 5.90. The number of benzene rings is 2. The Bertz CT molecular complexity index is 1020. The van der Waals surface area contributed by atoms with Gasteiger partial charge >= 0.3 is 0 Å². The molecule has 0 N–H and O–H groups in total. The molecule has 2 saturated heterocycles. The molecule has 0 saturated carbocycles. The second-order valence-corrected chi connectivity index (χ2v) is 9.92. The lowest BCUT2D eigenvalue weighted by Crippen LogP contribution is -2.44. The van der Waals surface area contributed by atoms with Gasteiger partial charge in [-0.1, -0.05) is 18.2 Å². The Kier molecular flexibility index (Phi) is 6.50. The van der Waals surface area contributed by atoms with Crippen molar-refractivity contribution in [2.75, 3.05) is 38.2 Å². The molecule has 0 bridgehead atoms. The predicted molar refractivity (Wildman–Crippen MR) is 134 cm³/mol. The number of likely N-dealkylation sites (tertiary alicyclic amines) is 1. The Morgan fingerprint density at radius 3 is 2.58 bits per heavy atom. The fourth-order valence-electron chi connectivity index (χ4n) is 5.81. The Morgan fingerprint density at radius 1 is 1.06 bits per heavy atom. The van der Waals surface area contributed by atoms with Gasteiger partial charge in [-0.15, -0.1) is 0 Å². The van der Waals surface area contributed by atoms with Gasteiger partial charge < -0.3 is 9.64 Å². The van der Waals surface area contributed by atoms with Gasteiger partial charge in [-0.05, 0) is 74.0 Å².